The van der Waals surface area contributed by atoms with Crippen LogP contribution in [-0.4, -0.2) is 85.5 Å². The molecule has 0 spiro atoms. The molecule has 0 saturated heterocycles. The lowest BCUT2D eigenvalue weighted by atomic mass is 9.55. The minimum absolute atomic E-state index is 0.00377. The predicted octanol–water partition coefficient (Wildman–Crippen LogP) is 4.93. The summed E-state index contributed by atoms with van der Waals surface area (Å²) in [4.78, 5) is 17.0. The van der Waals surface area contributed by atoms with E-state index in [9.17, 15) is 28.5 Å². The van der Waals surface area contributed by atoms with Crippen LogP contribution < -0.4 is 10.1 Å². The summed E-state index contributed by atoms with van der Waals surface area (Å²) in [6.07, 6.45) is 8.27. The minimum Gasteiger partial charge on any atom is -0.508 e. The van der Waals surface area contributed by atoms with Gasteiger partial charge in [-0.1, -0.05) is 30.1 Å². The highest BCUT2D eigenvalue weighted by atomic mass is 32.2. The van der Waals surface area contributed by atoms with Gasteiger partial charge in [0.25, 0.3) is 0 Å². The van der Waals surface area contributed by atoms with E-state index in [0.717, 1.165) is 36.8 Å². The second-order valence-electron chi connectivity index (χ2n) is 13.2. The Morgan fingerprint density at radius 2 is 1.82 bits per heavy atom. The first kappa shape index (κ1) is 37.5. The molecule has 0 radical (unpaired) electrons. The van der Waals surface area contributed by atoms with Gasteiger partial charge in [0.1, 0.15) is 18.6 Å². The van der Waals surface area contributed by atoms with Crippen molar-refractivity contribution < 1.29 is 42.8 Å². The maximum Gasteiger partial charge on any atom is 0.243 e. The fraction of sp³-hybridized carbons (Fsp3) is 0.514. The number of aromatic hydroxyl groups is 1. The number of anilines is 1. The summed E-state index contributed by atoms with van der Waals surface area (Å²) in [6, 6.07) is 10.0. The summed E-state index contributed by atoms with van der Waals surface area (Å²) >= 11 is 0. The number of sulfonamides is 1. The maximum atomic E-state index is 14.4. The number of aliphatic hydroxyl groups excluding tert-OH is 2. The SMILES string of the molecule is C=CCOC12Oc3ccc(O)cc3C3C(CCCCO)C(CCCCO)C=C(C(=NOC)CC1N(C)S(=O)(=O)c1ccc(NC(C)=O)cc1)C32. The van der Waals surface area contributed by atoms with Gasteiger partial charge >= 0.3 is 0 Å². The number of rotatable bonds is 16. The smallest absolute Gasteiger partial charge is 0.243 e. The predicted molar refractivity (Wildman–Crippen MR) is 189 cm³/mol. The number of oxime groups is 1. The zero-order valence-corrected chi connectivity index (χ0v) is 29.8. The number of carbonyl (C=O) groups excluding carboxylic acids is 1. The highest BCUT2D eigenvalue weighted by Gasteiger charge is 2.65. The number of unbranched alkanes of at least 4 members (excludes halogenated alkanes) is 2. The molecule has 2 aromatic rings. The van der Waals surface area contributed by atoms with E-state index < -0.39 is 27.8 Å². The molecule has 1 aliphatic heterocycles. The third-order valence-corrected chi connectivity index (χ3v) is 12.0. The molecule has 13 heteroatoms. The zero-order chi connectivity index (χ0) is 36.1. The lowest BCUT2D eigenvalue weighted by molar-refractivity contribution is -0.250. The summed E-state index contributed by atoms with van der Waals surface area (Å²) < 4.78 is 43.8. The van der Waals surface area contributed by atoms with E-state index in [-0.39, 0.29) is 60.5 Å². The summed E-state index contributed by atoms with van der Waals surface area (Å²) in [6.45, 7) is 5.47. The average Bonchev–Trinajstić information content (AvgIpc) is 3.09. The lowest BCUT2D eigenvalue weighted by Crippen LogP contribution is -2.69. The van der Waals surface area contributed by atoms with Crippen LogP contribution in [0.4, 0.5) is 5.69 Å². The number of likely N-dealkylation sites (N-methyl/N-ethyl adjacent to an activating group) is 1. The van der Waals surface area contributed by atoms with Gasteiger partial charge in [0, 0.05) is 50.8 Å². The van der Waals surface area contributed by atoms with Crippen molar-refractivity contribution in [1.82, 2.24) is 4.31 Å². The second-order valence-corrected chi connectivity index (χ2v) is 15.2. The Hall–Kier alpha value is -3.75. The van der Waals surface area contributed by atoms with Gasteiger partial charge in [0.15, 0.2) is 0 Å². The van der Waals surface area contributed by atoms with Crippen LogP contribution in [0.2, 0.25) is 0 Å². The van der Waals surface area contributed by atoms with Crippen molar-refractivity contribution in [2.24, 2.45) is 22.9 Å². The van der Waals surface area contributed by atoms with Crippen LogP contribution in [0.5, 0.6) is 11.5 Å². The second kappa shape index (κ2) is 16.1. The van der Waals surface area contributed by atoms with Crippen molar-refractivity contribution in [3.8, 4) is 11.5 Å². The molecule has 0 aromatic heterocycles. The van der Waals surface area contributed by atoms with Crippen LogP contribution >= 0.6 is 0 Å². The van der Waals surface area contributed by atoms with Gasteiger partial charge in [0.05, 0.1) is 29.2 Å². The average molecular weight is 712 g/mol. The maximum absolute atomic E-state index is 14.4. The van der Waals surface area contributed by atoms with Crippen molar-refractivity contribution in [2.75, 3.05) is 39.3 Å². The number of hydrogen-bond donors (Lipinski definition) is 4. The van der Waals surface area contributed by atoms with Crippen LogP contribution in [-0.2, 0) is 24.4 Å². The Morgan fingerprint density at radius 3 is 2.46 bits per heavy atom. The molecular weight excluding hydrogens is 662 g/mol. The van der Waals surface area contributed by atoms with Crippen molar-refractivity contribution in [3.05, 3.63) is 72.3 Å². The minimum atomic E-state index is -4.17. The molecule has 50 heavy (non-hydrogen) atoms. The van der Waals surface area contributed by atoms with E-state index >= 15 is 0 Å². The first-order chi connectivity index (χ1) is 24.0. The van der Waals surface area contributed by atoms with E-state index in [1.54, 1.807) is 24.3 Å². The highest BCUT2D eigenvalue weighted by Crippen LogP contribution is 2.62. The van der Waals surface area contributed by atoms with Crippen LogP contribution in [0, 0.1) is 17.8 Å². The molecule has 3 aliphatic rings. The quantitative estimate of drug-likeness (QED) is 0.107. The Kier molecular flexibility index (Phi) is 12.1. The molecule has 1 heterocycles. The van der Waals surface area contributed by atoms with Gasteiger partial charge in [-0.25, -0.2) is 8.42 Å². The molecule has 272 valence electrons. The Bertz CT molecular complexity index is 1690. The molecule has 2 aromatic carbocycles. The van der Waals surface area contributed by atoms with E-state index in [0.29, 0.717) is 30.0 Å². The third kappa shape index (κ3) is 7.33. The number of phenolic OH excluding ortho intramolecular Hbond substituents is 1. The van der Waals surface area contributed by atoms with Gasteiger partial charge < -0.3 is 34.9 Å². The number of hydrogen-bond acceptors (Lipinski definition) is 10. The number of fused-ring (bicyclic) bond motifs is 2. The number of nitrogens with one attached hydrogen (secondary N) is 1. The van der Waals surface area contributed by atoms with Crippen molar-refractivity contribution >= 4 is 27.3 Å². The number of phenols is 1. The van der Waals surface area contributed by atoms with Crippen molar-refractivity contribution in [2.45, 2.75) is 74.5 Å². The number of nitrogens with zero attached hydrogens (tertiary/aromatic N) is 2. The number of benzene rings is 2. The molecule has 1 saturated carbocycles. The van der Waals surface area contributed by atoms with E-state index in [1.807, 2.05) is 0 Å². The monoisotopic (exact) mass is 711 g/mol. The number of allylic oxidation sites excluding steroid dienone is 1. The number of carbonyl (C=O) groups is 1. The molecule has 1 fully saturated rings. The van der Waals surface area contributed by atoms with Crippen LogP contribution in [0.1, 0.15) is 63.4 Å². The van der Waals surface area contributed by atoms with Gasteiger partial charge in [0.2, 0.25) is 21.7 Å². The molecule has 12 nitrogen and oxygen atoms in total. The summed E-state index contributed by atoms with van der Waals surface area (Å²) in [5.74, 6) is -2.09. The highest BCUT2D eigenvalue weighted by molar-refractivity contribution is 7.89. The molecule has 6 unspecified atom stereocenters. The molecule has 1 amide bonds. The molecular formula is C37H49N3O9S. The van der Waals surface area contributed by atoms with Gasteiger partial charge in [-0.2, -0.15) is 4.31 Å². The topological polar surface area (TPSA) is 167 Å². The molecule has 5 rings (SSSR count). The fourth-order valence-corrected chi connectivity index (χ4v) is 9.44. The fourth-order valence-electron chi connectivity index (χ4n) is 8.07. The van der Waals surface area contributed by atoms with Crippen molar-refractivity contribution in [1.29, 1.82) is 0 Å². The van der Waals surface area contributed by atoms with Crippen molar-refractivity contribution in [3.63, 3.8) is 0 Å². The van der Waals surface area contributed by atoms with Gasteiger partial charge in [-0.15, -0.1) is 6.58 Å². The van der Waals surface area contributed by atoms with E-state index in [2.05, 4.69) is 23.1 Å². The summed E-state index contributed by atoms with van der Waals surface area (Å²) in [5, 5.41) is 37.2. The zero-order valence-electron chi connectivity index (χ0n) is 29.0. The number of amides is 1. The Balaban J connectivity index is 1.72. The Labute approximate surface area is 294 Å². The molecule has 4 N–H and O–H groups in total. The third-order valence-electron chi connectivity index (χ3n) is 10.1. The normalized spacial score (nSPS) is 26.4. The standard InChI is InChI=1S/C37H49N3O9S/c1-5-20-48-37-34(40(3)50(45,46)28-15-12-26(13-16-28)38-24(2)43)23-32(39-47-4)30-21-25(10-6-8-18-41)29(11-7-9-19-42)35(36(30)37)31-22-27(44)14-17-33(31)49-37/h5,12-17,21-22,25,29,34-36,41-42,44H,1,6-11,18-20,23H2,2-4H3,(H,38,43). The lowest BCUT2D eigenvalue weighted by Gasteiger charge is -2.59. The first-order valence-corrected chi connectivity index (χ1v) is 18.6. The van der Waals surface area contributed by atoms with Crippen LogP contribution in [0.3, 0.4) is 0 Å². The number of aliphatic hydroxyl groups is 2. The summed E-state index contributed by atoms with van der Waals surface area (Å²) in [5.41, 5.74) is 2.66. The van der Waals surface area contributed by atoms with Crippen LogP contribution in [0.15, 0.2) is 76.8 Å². The molecule has 2 aliphatic carbocycles. The summed E-state index contributed by atoms with van der Waals surface area (Å²) in [7, 11) is -1.21. The van der Waals surface area contributed by atoms with E-state index in [1.165, 1.54) is 49.7 Å². The molecule has 6 atom stereocenters. The molecule has 0 bridgehead atoms. The van der Waals surface area contributed by atoms with Gasteiger partial charge in [-0.05, 0) is 85.6 Å². The largest absolute Gasteiger partial charge is 0.508 e. The number of ether oxygens (including phenoxy) is 2. The van der Waals surface area contributed by atoms with E-state index in [4.69, 9.17) is 14.3 Å². The van der Waals surface area contributed by atoms with Crippen LogP contribution in [0.25, 0.3) is 0 Å². The first-order valence-electron chi connectivity index (χ1n) is 17.2. The Morgan fingerprint density at radius 1 is 1.12 bits per heavy atom. The van der Waals surface area contributed by atoms with Gasteiger partial charge in [-0.3, -0.25) is 4.79 Å².